The second kappa shape index (κ2) is 6.02. The minimum atomic E-state index is -0.350. The molecule has 0 amide bonds. The van der Waals surface area contributed by atoms with Crippen molar-refractivity contribution in [3.05, 3.63) is 75.8 Å². The molecule has 0 radical (unpaired) electrons. The highest BCUT2D eigenvalue weighted by Gasteiger charge is 2.14. The van der Waals surface area contributed by atoms with Crippen molar-refractivity contribution in [1.29, 1.82) is 0 Å². The number of hydrogen-bond donors (Lipinski definition) is 0. The minimum absolute atomic E-state index is 0.0986. The van der Waals surface area contributed by atoms with Gasteiger partial charge < -0.3 is 4.90 Å². The van der Waals surface area contributed by atoms with Crippen LogP contribution in [0.3, 0.4) is 0 Å². The molecule has 0 aliphatic heterocycles. The van der Waals surface area contributed by atoms with E-state index in [0.717, 1.165) is 11.3 Å². The molecule has 0 aromatic heterocycles. The van der Waals surface area contributed by atoms with Gasteiger partial charge in [-0.1, -0.05) is 30.3 Å². The molecule has 20 heavy (non-hydrogen) atoms. The summed E-state index contributed by atoms with van der Waals surface area (Å²) < 4.78 is 0. The van der Waals surface area contributed by atoms with Crippen molar-refractivity contribution in [3.8, 4) is 0 Å². The van der Waals surface area contributed by atoms with Crippen molar-refractivity contribution in [2.75, 3.05) is 19.0 Å². The molecule has 0 N–H and O–H groups in total. The first kappa shape index (κ1) is 13.8. The van der Waals surface area contributed by atoms with E-state index < -0.39 is 0 Å². The van der Waals surface area contributed by atoms with Crippen molar-refractivity contribution >= 4 is 17.5 Å². The van der Waals surface area contributed by atoms with Crippen LogP contribution in [0.4, 0.5) is 5.69 Å². The van der Waals surface area contributed by atoms with Gasteiger partial charge in [-0.2, -0.15) is 0 Å². The Morgan fingerprint density at radius 1 is 1.05 bits per heavy atom. The van der Waals surface area contributed by atoms with Crippen molar-refractivity contribution in [1.82, 2.24) is 0 Å². The van der Waals surface area contributed by atoms with Crippen molar-refractivity contribution in [2.24, 2.45) is 0 Å². The van der Waals surface area contributed by atoms with Gasteiger partial charge in [0.15, 0.2) is 0 Å². The zero-order valence-corrected chi connectivity index (χ0v) is 11.5. The fraction of sp³-hybridized carbons (Fsp3) is 0.125. The Morgan fingerprint density at radius 3 is 2.15 bits per heavy atom. The van der Waals surface area contributed by atoms with E-state index in [4.69, 9.17) is 0 Å². The first-order chi connectivity index (χ1) is 9.58. The number of nitro groups is 1. The van der Waals surface area contributed by atoms with Gasteiger partial charge in [-0.05, 0) is 29.8 Å². The highest BCUT2D eigenvalue weighted by Crippen LogP contribution is 2.21. The van der Waals surface area contributed by atoms with Crippen molar-refractivity contribution in [2.45, 2.75) is 0 Å². The molecule has 102 valence electrons. The molecule has 0 saturated carbocycles. The smallest absolute Gasteiger partial charge is 0.277 e. The van der Waals surface area contributed by atoms with Gasteiger partial charge in [-0.3, -0.25) is 10.1 Å². The standard InChI is InChI=1S/C16H16N2O2/c1-17(2)15-10-8-14(9-11-15)16(18(19)20)12-13-6-4-3-5-7-13/h3-12H,1-2H3. The number of rotatable bonds is 4. The fourth-order valence-electron chi connectivity index (χ4n) is 1.88. The van der Waals surface area contributed by atoms with E-state index in [1.54, 1.807) is 18.2 Å². The predicted octanol–water partition coefficient (Wildman–Crippen LogP) is 3.53. The van der Waals surface area contributed by atoms with Gasteiger partial charge in [-0.25, -0.2) is 0 Å². The lowest BCUT2D eigenvalue weighted by atomic mass is 10.1. The fourth-order valence-corrected chi connectivity index (χ4v) is 1.88. The van der Waals surface area contributed by atoms with Crippen LogP contribution in [-0.4, -0.2) is 19.0 Å². The topological polar surface area (TPSA) is 46.4 Å². The van der Waals surface area contributed by atoms with Crippen LogP contribution >= 0.6 is 0 Å². The van der Waals surface area contributed by atoms with Crippen molar-refractivity contribution < 1.29 is 4.92 Å². The van der Waals surface area contributed by atoms with E-state index in [9.17, 15) is 10.1 Å². The number of anilines is 1. The summed E-state index contributed by atoms with van der Waals surface area (Å²) in [6.45, 7) is 0. The lowest BCUT2D eigenvalue weighted by Gasteiger charge is -2.12. The van der Waals surface area contributed by atoms with Crippen molar-refractivity contribution in [3.63, 3.8) is 0 Å². The molecule has 0 bridgehead atoms. The van der Waals surface area contributed by atoms with Gasteiger partial charge in [-0.15, -0.1) is 0 Å². The molecule has 2 rings (SSSR count). The van der Waals surface area contributed by atoms with Crippen LogP contribution in [0.5, 0.6) is 0 Å². The molecule has 2 aromatic rings. The van der Waals surface area contributed by atoms with Crippen LogP contribution in [0.15, 0.2) is 54.6 Å². The first-order valence-corrected chi connectivity index (χ1v) is 6.27. The Kier molecular flexibility index (Phi) is 4.15. The largest absolute Gasteiger partial charge is 0.378 e. The van der Waals surface area contributed by atoms with Gasteiger partial charge in [0.25, 0.3) is 5.70 Å². The molecule has 4 heteroatoms. The van der Waals surface area contributed by atoms with Crippen LogP contribution in [0.2, 0.25) is 0 Å². The number of hydrogen-bond acceptors (Lipinski definition) is 3. The average Bonchev–Trinajstić information content (AvgIpc) is 2.45. The molecule has 0 heterocycles. The second-order valence-corrected chi connectivity index (χ2v) is 4.64. The summed E-state index contributed by atoms with van der Waals surface area (Å²) in [6.07, 6.45) is 1.59. The normalized spacial score (nSPS) is 11.2. The van der Waals surface area contributed by atoms with Crippen LogP contribution in [0.25, 0.3) is 11.8 Å². The number of benzene rings is 2. The highest BCUT2D eigenvalue weighted by atomic mass is 16.6. The van der Waals surface area contributed by atoms with Crippen LogP contribution < -0.4 is 4.90 Å². The minimum Gasteiger partial charge on any atom is -0.378 e. The van der Waals surface area contributed by atoms with E-state index in [1.165, 1.54) is 0 Å². The Morgan fingerprint density at radius 2 is 1.65 bits per heavy atom. The van der Waals surface area contributed by atoms with Crippen LogP contribution in [-0.2, 0) is 0 Å². The molecule has 0 fully saturated rings. The Bertz CT molecular complexity index is 617. The maximum Gasteiger partial charge on any atom is 0.277 e. The average molecular weight is 268 g/mol. The Hall–Kier alpha value is -2.62. The predicted molar refractivity (Wildman–Crippen MR) is 82.1 cm³/mol. The molecule has 0 spiro atoms. The van der Waals surface area contributed by atoms with Gasteiger partial charge in [0.1, 0.15) is 0 Å². The molecular weight excluding hydrogens is 252 g/mol. The van der Waals surface area contributed by atoms with Crippen LogP contribution in [0, 0.1) is 10.1 Å². The Labute approximate surface area is 118 Å². The highest BCUT2D eigenvalue weighted by molar-refractivity contribution is 5.77. The van der Waals surface area contributed by atoms with E-state index in [1.807, 2.05) is 61.5 Å². The second-order valence-electron chi connectivity index (χ2n) is 4.64. The molecule has 0 saturated heterocycles. The summed E-state index contributed by atoms with van der Waals surface area (Å²) in [6, 6.07) is 16.6. The molecule has 2 aromatic carbocycles. The molecule has 4 nitrogen and oxygen atoms in total. The van der Waals surface area contributed by atoms with Gasteiger partial charge >= 0.3 is 0 Å². The van der Waals surface area contributed by atoms with Crippen LogP contribution in [0.1, 0.15) is 11.1 Å². The quantitative estimate of drug-likeness (QED) is 0.484. The van der Waals surface area contributed by atoms with E-state index in [-0.39, 0.29) is 10.6 Å². The summed E-state index contributed by atoms with van der Waals surface area (Å²) >= 11 is 0. The number of nitrogens with zero attached hydrogens (tertiary/aromatic N) is 2. The molecule has 0 aliphatic carbocycles. The maximum atomic E-state index is 11.2. The summed E-state index contributed by atoms with van der Waals surface area (Å²) in [5, 5.41) is 11.2. The summed E-state index contributed by atoms with van der Waals surface area (Å²) in [7, 11) is 3.87. The summed E-state index contributed by atoms with van der Waals surface area (Å²) in [4.78, 5) is 12.9. The third kappa shape index (κ3) is 3.23. The summed E-state index contributed by atoms with van der Waals surface area (Å²) in [5.74, 6) is 0. The first-order valence-electron chi connectivity index (χ1n) is 6.27. The molecule has 0 atom stereocenters. The van der Waals surface area contributed by atoms with Gasteiger partial charge in [0.05, 0.1) is 10.5 Å². The molecular formula is C16H16N2O2. The SMILES string of the molecule is CN(C)c1ccc(C(=Cc2ccccc2)[N+](=O)[O-])cc1. The third-order valence-electron chi connectivity index (χ3n) is 2.98. The van der Waals surface area contributed by atoms with E-state index in [0.29, 0.717) is 5.56 Å². The molecule has 0 unspecified atom stereocenters. The van der Waals surface area contributed by atoms with Gasteiger partial charge in [0.2, 0.25) is 0 Å². The third-order valence-corrected chi connectivity index (χ3v) is 2.98. The van der Waals surface area contributed by atoms with Gasteiger partial charge in [0, 0.05) is 25.9 Å². The zero-order valence-electron chi connectivity index (χ0n) is 11.5. The monoisotopic (exact) mass is 268 g/mol. The zero-order chi connectivity index (χ0) is 14.5. The lowest BCUT2D eigenvalue weighted by molar-refractivity contribution is -0.374. The molecule has 0 aliphatic rings. The van der Waals surface area contributed by atoms with E-state index in [2.05, 4.69) is 0 Å². The Balaban J connectivity index is 2.39. The lowest BCUT2D eigenvalue weighted by Crippen LogP contribution is -2.08. The maximum absolute atomic E-state index is 11.2. The van der Waals surface area contributed by atoms with E-state index >= 15 is 0 Å². The summed E-state index contributed by atoms with van der Waals surface area (Å²) in [5.41, 5.74) is 2.53.